The average molecular weight is 262 g/mol. The molecule has 0 saturated carbocycles. The van der Waals surface area contributed by atoms with Crippen LogP contribution in [0.15, 0.2) is 30.7 Å². The van der Waals surface area contributed by atoms with Gasteiger partial charge >= 0.3 is 0 Å². The minimum atomic E-state index is 0.0986. The minimum absolute atomic E-state index is 0.0986. The molecule has 0 fully saturated rings. The SMILES string of the molecule is CC(C)Oc1cnn(-c2ncccc2C(N)=S)c1. The van der Waals surface area contributed by atoms with E-state index in [2.05, 4.69) is 10.1 Å². The predicted octanol–water partition coefficient (Wildman–Crippen LogP) is 1.69. The van der Waals surface area contributed by atoms with Gasteiger partial charge in [-0.3, -0.25) is 0 Å². The smallest absolute Gasteiger partial charge is 0.163 e. The Morgan fingerprint density at radius 1 is 1.50 bits per heavy atom. The molecule has 2 N–H and O–H groups in total. The van der Waals surface area contributed by atoms with Gasteiger partial charge in [-0.2, -0.15) is 5.10 Å². The number of ether oxygens (including phenoxy) is 1. The number of rotatable bonds is 4. The Morgan fingerprint density at radius 3 is 2.94 bits per heavy atom. The third-order valence-electron chi connectivity index (χ3n) is 2.20. The van der Waals surface area contributed by atoms with Gasteiger partial charge in [-0.05, 0) is 26.0 Å². The zero-order valence-corrected chi connectivity index (χ0v) is 11.0. The van der Waals surface area contributed by atoms with E-state index >= 15 is 0 Å². The average Bonchev–Trinajstić information content (AvgIpc) is 2.76. The van der Waals surface area contributed by atoms with Crippen molar-refractivity contribution in [2.75, 3.05) is 0 Å². The molecule has 0 saturated heterocycles. The summed E-state index contributed by atoms with van der Waals surface area (Å²) in [7, 11) is 0. The predicted molar refractivity (Wildman–Crippen MR) is 73.0 cm³/mol. The number of pyridine rings is 1. The molecule has 2 rings (SSSR count). The maximum absolute atomic E-state index is 5.66. The first-order valence-corrected chi connectivity index (χ1v) is 5.95. The Balaban J connectivity index is 2.37. The second-order valence-corrected chi connectivity index (χ2v) is 4.47. The number of aromatic nitrogens is 3. The van der Waals surface area contributed by atoms with E-state index in [-0.39, 0.29) is 6.10 Å². The molecule has 0 aliphatic rings. The van der Waals surface area contributed by atoms with Crippen LogP contribution in [0.25, 0.3) is 5.82 Å². The van der Waals surface area contributed by atoms with Crippen LogP contribution in [0.3, 0.4) is 0 Å². The molecule has 2 aromatic rings. The first kappa shape index (κ1) is 12.5. The van der Waals surface area contributed by atoms with Crippen molar-refractivity contribution in [3.8, 4) is 11.6 Å². The van der Waals surface area contributed by atoms with E-state index in [1.165, 1.54) is 0 Å². The van der Waals surface area contributed by atoms with Gasteiger partial charge in [0.1, 0.15) is 4.99 Å². The molecule has 0 aliphatic carbocycles. The zero-order valence-electron chi connectivity index (χ0n) is 10.2. The van der Waals surface area contributed by atoms with Gasteiger partial charge in [-0.1, -0.05) is 12.2 Å². The second kappa shape index (κ2) is 5.14. The van der Waals surface area contributed by atoms with Crippen LogP contribution in [0.2, 0.25) is 0 Å². The Bertz CT molecular complexity index is 565. The summed E-state index contributed by atoms with van der Waals surface area (Å²) in [5, 5.41) is 4.20. The number of nitrogens with zero attached hydrogens (tertiary/aromatic N) is 3. The summed E-state index contributed by atoms with van der Waals surface area (Å²) < 4.78 is 7.14. The van der Waals surface area contributed by atoms with Crippen LogP contribution < -0.4 is 10.5 Å². The highest BCUT2D eigenvalue weighted by atomic mass is 32.1. The van der Waals surface area contributed by atoms with Gasteiger partial charge < -0.3 is 10.5 Å². The molecular weight excluding hydrogens is 248 g/mol. The summed E-state index contributed by atoms with van der Waals surface area (Å²) in [5.41, 5.74) is 6.35. The third-order valence-corrected chi connectivity index (χ3v) is 2.42. The lowest BCUT2D eigenvalue weighted by Crippen LogP contribution is -2.14. The molecule has 5 nitrogen and oxygen atoms in total. The van der Waals surface area contributed by atoms with Crippen molar-refractivity contribution < 1.29 is 4.74 Å². The number of hydrogen-bond acceptors (Lipinski definition) is 4. The van der Waals surface area contributed by atoms with Crippen molar-refractivity contribution in [2.45, 2.75) is 20.0 Å². The topological polar surface area (TPSA) is 66.0 Å². The lowest BCUT2D eigenvalue weighted by Gasteiger charge is -2.07. The Hall–Kier alpha value is -1.95. The van der Waals surface area contributed by atoms with Crippen molar-refractivity contribution in [3.05, 3.63) is 36.3 Å². The van der Waals surface area contributed by atoms with Crippen LogP contribution in [0.1, 0.15) is 19.4 Å². The quantitative estimate of drug-likeness (QED) is 0.849. The summed E-state index contributed by atoms with van der Waals surface area (Å²) in [6.07, 6.45) is 5.16. The zero-order chi connectivity index (χ0) is 13.1. The molecule has 6 heteroatoms. The van der Waals surface area contributed by atoms with Gasteiger partial charge in [0.15, 0.2) is 11.6 Å². The Kier molecular flexibility index (Phi) is 3.57. The highest BCUT2D eigenvalue weighted by molar-refractivity contribution is 7.80. The van der Waals surface area contributed by atoms with Gasteiger partial charge in [0, 0.05) is 6.20 Å². The van der Waals surface area contributed by atoms with E-state index in [1.54, 1.807) is 29.3 Å². The fourth-order valence-electron chi connectivity index (χ4n) is 1.53. The van der Waals surface area contributed by atoms with E-state index in [9.17, 15) is 0 Å². The largest absolute Gasteiger partial charge is 0.488 e. The Labute approximate surface area is 111 Å². The highest BCUT2D eigenvalue weighted by Crippen LogP contribution is 2.16. The molecule has 0 spiro atoms. The van der Waals surface area contributed by atoms with Crippen LogP contribution in [0.5, 0.6) is 5.75 Å². The van der Waals surface area contributed by atoms with Crippen molar-refractivity contribution in [1.29, 1.82) is 0 Å². The van der Waals surface area contributed by atoms with E-state index < -0.39 is 0 Å². The van der Waals surface area contributed by atoms with Crippen molar-refractivity contribution in [2.24, 2.45) is 5.73 Å². The monoisotopic (exact) mass is 262 g/mol. The minimum Gasteiger partial charge on any atom is -0.488 e. The lowest BCUT2D eigenvalue weighted by atomic mass is 10.2. The van der Waals surface area contributed by atoms with Gasteiger partial charge in [-0.15, -0.1) is 0 Å². The van der Waals surface area contributed by atoms with E-state index in [0.717, 1.165) is 0 Å². The molecule has 0 radical (unpaired) electrons. The lowest BCUT2D eigenvalue weighted by molar-refractivity contribution is 0.242. The molecule has 0 unspecified atom stereocenters. The van der Waals surface area contributed by atoms with Crippen LogP contribution in [0, 0.1) is 0 Å². The maximum Gasteiger partial charge on any atom is 0.163 e. The number of nitrogens with two attached hydrogens (primary N) is 1. The number of thiocarbonyl (C=S) groups is 1. The van der Waals surface area contributed by atoms with E-state index in [4.69, 9.17) is 22.7 Å². The van der Waals surface area contributed by atoms with Crippen molar-refractivity contribution in [1.82, 2.24) is 14.8 Å². The summed E-state index contributed by atoms with van der Waals surface area (Å²) in [6, 6.07) is 3.60. The third kappa shape index (κ3) is 2.65. The highest BCUT2D eigenvalue weighted by Gasteiger charge is 2.10. The Morgan fingerprint density at radius 2 is 2.28 bits per heavy atom. The van der Waals surface area contributed by atoms with Gasteiger partial charge in [0.05, 0.1) is 24.1 Å². The molecule has 0 bridgehead atoms. The van der Waals surface area contributed by atoms with Crippen LogP contribution in [0.4, 0.5) is 0 Å². The van der Waals surface area contributed by atoms with Crippen LogP contribution in [-0.2, 0) is 0 Å². The summed E-state index contributed by atoms with van der Waals surface area (Å²) in [5.74, 6) is 1.29. The molecule has 0 aromatic carbocycles. The van der Waals surface area contributed by atoms with Crippen LogP contribution in [-0.4, -0.2) is 25.9 Å². The van der Waals surface area contributed by atoms with E-state index in [0.29, 0.717) is 22.1 Å². The molecule has 0 aliphatic heterocycles. The molecular formula is C12H14N4OS. The summed E-state index contributed by atoms with van der Waals surface area (Å²) in [6.45, 7) is 3.91. The summed E-state index contributed by atoms with van der Waals surface area (Å²) in [4.78, 5) is 4.53. The first-order valence-electron chi connectivity index (χ1n) is 5.54. The standard InChI is InChI=1S/C12H14N4OS/c1-8(2)17-9-6-15-16(7-9)12-10(11(13)18)4-3-5-14-12/h3-8H,1-2H3,(H2,13,18). The molecule has 0 amide bonds. The maximum atomic E-state index is 5.66. The molecule has 94 valence electrons. The van der Waals surface area contributed by atoms with Crippen molar-refractivity contribution in [3.63, 3.8) is 0 Å². The van der Waals surface area contributed by atoms with Gasteiger partial charge in [0.2, 0.25) is 0 Å². The first-order chi connectivity index (χ1) is 8.58. The summed E-state index contributed by atoms with van der Waals surface area (Å²) >= 11 is 4.99. The molecule has 2 aromatic heterocycles. The van der Waals surface area contributed by atoms with Gasteiger partial charge in [0.25, 0.3) is 0 Å². The number of hydrogen-bond donors (Lipinski definition) is 1. The molecule has 0 atom stereocenters. The van der Waals surface area contributed by atoms with Crippen LogP contribution >= 0.6 is 12.2 Å². The normalized spacial score (nSPS) is 10.6. The fraction of sp³-hybridized carbons (Fsp3) is 0.250. The molecule has 2 heterocycles. The van der Waals surface area contributed by atoms with Crippen molar-refractivity contribution >= 4 is 17.2 Å². The van der Waals surface area contributed by atoms with Gasteiger partial charge in [-0.25, -0.2) is 9.67 Å². The molecule has 18 heavy (non-hydrogen) atoms. The second-order valence-electron chi connectivity index (χ2n) is 4.03. The fourth-order valence-corrected chi connectivity index (χ4v) is 1.69. The van der Waals surface area contributed by atoms with E-state index in [1.807, 2.05) is 19.9 Å².